The molecule has 36 heavy (non-hydrogen) atoms. The van der Waals surface area contributed by atoms with E-state index in [1.165, 1.54) is 28.1 Å². The molecule has 2 aromatic carbocycles. The normalized spacial score (nSPS) is 15.5. The van der Waals surface area contributed by atoms with Crippen molar-refractivity contribution in [3.8, 4) is 11.9 Å². The molecule has 190 valence electrons. The molecule has 0 spiro atoms. The second-order valence-corrected chi connectivity index (χ2v) is 8.27. The molecule has 12 heteroatoms. The summed E-state index contributed by atoms with van der Waals surface area (Å²) in [4.78, 5) is 18.4. The van der Waals surface area contributed by atoms with Gasteiger partial charge in [0.25, 0.3) is 0 Å². The van der Waals surface area contributed by atoms with Gasteiger partial charge >= 0.3 is 6.61 Å². The minimum atomic E-state index is -3.00. The lowest BCUT2D eigenvalue weighted by Crippen LogP contribution is -2.49. The number of carbonyl (C=O) groups is 1. The first-order valence-corrected chi connectivity index (χ1v) is 11.4. The number of nitriles is 1. The number of guanidine groups is 1. The zero-order valence-electron chi connectivity index (χ0n) is 19.9. The smallest absolute Gasteiger partial charge is 0.387 e. The lowest BCUT2D eigenvalue weighted by atomic mass is 9.98. The highest BCUT2D eigenvalue weighted by molar-refractivity contribution is 6.32. The van der Waals surface area contributed by atoms with E-state index in [1.54, 1.807) is 19.2 Å². The molecule has 1 unspecified atom stereocenters. The molecule has 1 aliphatic rings. The number of hydrogen-bond donors (Lipinski definition) is 2. The summed E-state index contributed by atoms with van der Waals surface area (Å²) >= 11 is 6.34. The lowest BCUT2D eigenvalue weighted by molar-refractivity contribution is -0.135. The van der Waals surface area contributed by atoms with Crippen LogP contribution in [0.25, 0.3) is 0 Å². The third kappa shape index (κ3) is 6.08. The van der Waals surface area contributed by atoms with Gasteiger partial charge in [0, 0.05) is 23.2 Å². The first-order chi connectivity index (χ1) is 17.2. The van der Waals surface area contributed by atoms with Crippen LogP contribution in [-0.2, 0) is 4.79 Å². The second kappa shape index (κ2) is 11.8. The number of carbonyl (C=O) groups excluding carboxylic acids is 1. The van der Waals surface area contributed by atoms with Crippen LogP contribution in [0, 0.1) is 25.3 Å². The van der Waals surface area contributed by atoms with E-state index in [-0.39, 0.29) is 23.9 Å². The van der Waals surface area contributed by atoms with Crippen LogP contribution < -0.4 is 10.1 Å². The number of aliphatic hydroxyl groups is 1. The molecule has 0 saturated heterocycles. The van der Waals surface area contributed by atoms with E-state index in [9.17, 15) is 23.9 Å². The van der Waals surface area contributed by atoms with Crippen molar-refractivity contribution < 1.29 is 23.4 Å². The fourth-order valence-electron chi connectivity index (χ4n) is 3.92. The van der Waals surface area contributed by atoms with E-state index in [1.807, 2.05) is 26.0 Å². The highest BCUT2D eigenvalue weighted by atomic mass is 35.5. The van der Waals surface area contributed by atoms with Gasteiger partial charge in [0.2, 0.25) is 11.9 Å². The standard InChI is InChI=1S/C24H25ClF2N6O3/c1-4-32(20(35)12-34)19-11-33(31-22(19)16-8-14(2)21(25)15(3)9-16)24(29-13-28)30-17-6-5-7-18(10-17)36-23(26)27/h5-10,19,23,34H,4,11-12H2,1-3H3,(H,29,30). The van der Waals surface area contributed by atoms with Gasteiger partial charge in [-0.25, -0.2) is 10.0 Å². The van der Waals surface area contributed by atoms with E-state index in [4.69, 9.17) is 11.6 Å². The number of ether oxygens (including phenoxy) is 1. The summed E-state index contributed by atoms with van der Waals surface area (Å²) in [5, 5.41) is 28.0. The SMILES string of the molecule is CCN(C(=O)CO)C1CN(C(=Nc2cccc(OC(F)F)c2)NC#N)N=C1c1cc(C)c(Cl)c(C)c1. The van der Waals surface area contributed by atoms with Crippen LogP contribution in [0.5, 0.6) is 5.75 Å². The van der Waals surface area contributed by atoms with Gasteiger partial charge in [0.05, 0.1) is 24.0 Å². The molecule has 3 rings (SSSR count). The summed E-state index contributed by atoms with van der Waals surface area (Å²) in [7, 11) is 0. The largest absolute Gasteiger partial charge is 0.435 e. The molecule has 1 aliphatic heterocycles. The Labute approximate surface area is 212 Å². The van der Waals surface area contributed by atoms with Gasteiger partial charge in [0.15, 0.2) is 6.19 Å². The average Bonchev–Trinajstić information content (AvgIpc) is 3.27. The number of halogens is 3. The molecule has 1 heterocycles. The fraction of sp³-hybridized carbons (Fsp3) is 0.333. The minimum Gasteiger partial charge on any atom is -0.435 e. The molecular weight excluding hydrogens is 494 g/mol. The number of hydrazone groups is 1. The Morgan fingerprint density at radius 1 is 1.39 bits per heavy atom. The maximum absolute atomic E-state index is 12.6. The van der Waals surface area contributed by atoms with Gasteiger partial charge in [-0.15, -0.1) is 0 Å². The van der Waals surface area contributed by atoms with Gasteiger partial charge in [-0.3, -0.25) is 10.1 Å². The zero-order chi connectivity index (χ0) is 26.4. The number of hydrogen-bond acceptors (Lipinski definition) is 6. The maximum atomic E-state index is 12.6. The van der Waals surface area contributed by atoms with E-state index >= 15 is 0 Å². The first kappa shape index (κ1) is 26.8. The molecule has 0 aromatic heterocycles. The predicted molar refractivity (Wildman–Crippen MR) is 131 cm³/mol. The molecule has 0 bridgehead atoms. The van der Waals surface area contributed by atoms with E-state index in [0.717, 1.165) is 16.7 Å². The molecule has 0 fully saturated rings. The molecule has 0 saturated carbocycles. The highest BCUT2D eigenvalue weighted by Crippen LogP contribution is 2.27. The molecule has 2 N–H and O–H groups in total. The van der Waals surface area contributed by atoms with E-state index < -0.39 is 25.2 Å². The van der Waals surface area contributed by atoms with Crippen molar-refractivity contribution in [1.82, 2.24) is 15.2 Å². The van der Waals surface area contributed by atoms with Gasteiger partial charge in [-0.1, -0.05) is 17.7 Å². The van der Waals surface area contributed by atoms with Crippen molar-refractivity contribution in [3.05, 3.63) is 58.1 Å². The minimum absolute atomic E-state index is 0.0154. The van der Waals surface area contributed by atoms with Crippen molar-refractivity contribution in [2.24, 2.45) is 10.1 Å². The Hall–Kier alpha value is -3.75. The number of nitrogens with zero attached hydrogens (tertiary/aromatic N) is 5. The van der Waals surface area contributed by atoms with Crippen molar-refractivity contribution in [2.45, 2.75) is 33.4 Å². The summed E-state index contributed by atoms with van der Waals surface area (Å²) in [5.41, 5.74) is 3.12. The number of benzene rings is 2. The molecule has 9 nitrogen and oxygen atoms in total. The van der Waals surface area contributed by atoms with Crippen LogP contribution in [-0.4, -0.2) is 64.9 Å². The predicted octanol–water partition coefficient (Wildman–Crippen LogP) is 3.55. The topological polar surface area (TPSA) is 114 Å². The van der Waals surface area contributed by atoms with Gasteiger partial charge < -0.3 is 14.7 Å². The van der Waals surface area contributed by atoms with Crippen LogP contribution in [0.4, 0.5) is 14.5 Å². The number of aliphatic imine (C=N–C) groups is 1. The summed E-state index contributed by atoms with van der Waals surface area (Å²) in [5.74, 6) is -0.562. The Morgan fingerprint density at radius 2 is 2.08 bits per heavy atom. The zero-order valence-corrected chi connectivity index (χ0v) is 20.6. The summed E-state index contributed by atoms with van der Waals surface area (Å²) < 4.78 is 29.7. The summed E-state index contributed by atoms with van der Waals surface area (Å²) in [6, 6.07) is 8.81. The van der Waals surface area contributed by atoms with Crippen molar-refractivity contribution in [2.75, 3.05) is 19.7 Å². The number of likely N-dealkylation sites (N-methyl/N-ethyl adjacent to an activating group) is 1. The quantitative estimate of drug-likeness (QED) is 0.251. The van der Waals surface area contributed by atoms with Crippen LogP contribution >= 0.6 is 11.6 Å². The molecule has 0 radical (unpaired) electrons. The number of nitrogens with one attached hydrogen (secondary N) is 1. The van der Waals surface area contributed by atoms with Crippen LogP contribution in [0.2, 0.25) is 5.02 Å². The molecule has 0 aliphatic carbocycles. The average molecular weight is 519 g/mol. The summed E-state index contributed by atoms with van der Waals surface area (Å²) in [6.07, 6.45) is 1.80. The number of aliphatic hydroxyl groups excluding tert-OH is 1. The van der Waals surface area contributed by atoms with Crippen molar-refractivity contribution >= 4 is 34.9 Å². The highest BCUT2D eigenvalue weighted by Gasteiger charge is 2.36. The van der Waals surface area contributed by atoms with Crippen molar-refractivity contribution in [3.63, 3.8) is 0 Å². The Balaban J connectivity index is 2.08. The van der Waals surface area contributed by atoms with Crippen LogP contribution in [0.1, 0.15) is 23.6 Å². The number of rotatable bonds is 7. The maximum Gasteiger partial charge on any atom is 0.387 e. The molecular formula is C24H25ClF2N6O3. The van der Waals surface area contributed by atoms with Crippen LogP contribution in [0.15, 0.2) is 46.5 Å². The Kier molecular flexibility index (Phi) is 8.79. The Morgan fingerprint density at radius 3 is 2.67 bits per heavy atom. The Bertz CT molecular complexity index is 1210. The third-order valence-electron chi connectivity index (χ3n) is 5.48. The van der Waals surface area contributed by atoms with E-state index in [0.29, 0.717) is 17.3 Å². The van der Waals surface area contributed by atoms with Crippen LogP contribution in [0.3, 0.4) is 0 Å². The number of alkyl halides is 2. The number of amides is 1. The molecule has 2 aromatic rings. The van der Waals surface area contributed by atoms with Gasteiger partial charge in [0.1, 0.15) is 12.4 Å². The third-order valence-corrected chi connectivity index (χ3v) is 6.08. The van der Waals surface area contributed by atoms with Crippen molar-refractivity contribution in [1.29, 1.82) is 5.26 Å². The summed E-state index contributed by atoms with van der Waals surface area (Å²) in [6.45, 7) is 2.24. The van der Waals surface area contributed by atoms with Gasteiger partial charge in [-0.05, 0) is 56.2 Å². The second-order valence-electron chi connectivity index (χ2n) is 7.89. The van der Waals surface area contributed by atoms with E-state index in [2.05, 4.69) is 20.1 Å². The fourth-order valence-corrected chi connectivity index (χ4v) is 4.03. The molecule has 1 amide bonds. The molecule has 1 atom stereocenters. The monoisotopic (exact) mass is 518 g/mol. The first-order valence-electron chi connectivity index (χ1n) is 11.0. The van der Waals surface area contributed by atoms with Gasteiger partial charge in [-0.2, -0.15) is 19.1 Å². The number of aryl methyl sites for hydroxylation is 2. The lowest BCUT2D eigenvalue weighted by Gasteiger charge is -2.28.